The van der Waals surface area contributed by atoms with E-state index in [9.17, 15) is 45.6 Å². The van der Waals surface area contributed by atoms with Crippen LogP contribution in [-0.4, -0.2) is 140 Å². The lowest BCUT2D eigenvalue weighted by Gasteiger charge is -2.46. The lowest BCUT2D eigenvalue weighted by atomic mass is 9.97. The number of carbonyl (C=O) groups is 1. The number of rotatable bonds is 56. The summed E-state index contributed by atoms with van der Waals surface area (Å²) in [5.41, 5.74) is 0. The van der Waals surface area contributed by atoms with Crippen molar-refractivity contribution in [3.63, 3.8) is 0 Å². The van der Waals surface area contributed by atoms with E-state index in [0.29, 0.717) is 12.8 Å². The van der Waals surface area contributed by atoms with Gasteiger partial charge in [-0.2, -0.15) is 0 Å². The lowest BCUT2D eigenvalue weighted by Crippen LogP contribution is -2.65. The molecule has 0 radical (unpaired) electrons. The normalized spacial score (nSPS) is 24.0. The van der Waals surface area contributed by atoms with Crippen molar-refractivity contribution in [2.75, 3.05) is 19.8 Å². The number of unbranched alkanes of at least 4 members (excludes halogenated alkanes) is 33. The molecule has 14 heteroatoms. The largest absolute Gasteiger partial charge is 0.394 e. The van der Waals surface area contributed by atoms with Gasteiger partial charge in [-0.05, 0) is 83.5 Å². The first kappa shape index (κ1) is 78.5. The number of hydrogen-bond donors (Lipinski definition) is 9. The molecule has 2 fully saturated rings. The molecule has 0 bridgehead atoms. The van der Waals surface area contributed by atoms with Crippen LogP contribution in [0.25, 0.3) is 0 Å². The maximum Gasteiger partial charge on any atom is 0.220 e. The summed E-state index contributed by atoms with van der Waals surface area (Å²) in [6.45, 7) is 2.77. The minimum absolute atomic E-state index is 0.252. The first-order chi connectivity index (χ1) is 41.6. The van der Waals surface area contributed by atoms with Crippen LogP contribution < -0.4 is 5.32 Å². The number of nitrogens with one attached hydrogen (secondary N) is 1. The molecule has 0 aromatic rings. The van der Waals surface area contributed by atoms with Gasteiger partial charge < -0.3 is 65.1 Å². The van der Waals surface area contributed by atoms with Gasteiger partial charge in [-0.15, -0.1) is 0 Å². The number of amides is 1. The Morgan fingerprint density at radius 3 is 1.24 bits per heavy atom. The Labute approximate surface area is 517 Å². The maximum atomic E-state index is 13.3. The fourth-order valence-electron chi connectivity index (χ4n) is 11.0. The predicted molar refractivity (Wildman–Crippen MR) is 346 cm³/mol. The molecule has 0 aromatic heterocycles. The molecule has 1 amide bonds. The van der Waals surface area contributed by atoms with Crippen LogP contribution in [0.15, 0.2) is 72.9 Å². The first-order valence-electron chi connectivity index (χ1n) is 34.7. The van der Waals surface area contributed by atoms with Gasteiger partial charge in [0, 0.05) is 6.42 Å². The predicted octanol–water partition coefficient (Wildman–Crippen LogP) is 13.8. The van der Waals surface area contributed by atoms with E-state index in [1.165, 1.54) is 186 Å². The molecule has 2 aliphatic heterocycles. The van der Waals surface area contributed by atoms with E-state index in [1.807, 2.05) is 6.08 Å². The summed E-state index contributed by atoms with van der Waals surface area (Å²) >= 11 is 0. The third-order valence-corrected chi connectivity index (χ3v) is 16.6. The summed E-state index contributed by atoms with van der Waals surface area (Å²) in [6, 6.07) is -0.940. The van der Waals surface area contributed by atoms with Crippen LogP contribution in [-0.2, 0) is 23.7 Å². The van der Waals surface area contributed by atoms with E-state index in [2.05, 4.69) is 79.9 Å². The molecular formula is C71H127NO13. The molecule has 12 unspecified atom stereocenters. The van der Waals surface area contributed by atoms with Gasteiger partial charge >= 0.3 is 0 Å². The zero-order valence-corrected chi connectivity index (χ0v) is 53.6. The highest BCUT2D eigenvalue weighted by molar-refractivity contribution is 5.76. The molecule has 2 aliphatic rings. The van der Waals surface area contributed by atoms with Crippen LogP contribution >= 0.6 is 0 Å². The van der Waals surface area contributed by atoms with Gasteiger partial charge in [0.2, 0.25) is 5.91 Å². The van der Waals surface area contributed by atoms with Crippen molar-refractivity contribution in [3.05, 3.63) is 72.9 Å². The van der Waals surface area contributed by atoms with Gasteiger partial charge in [-0.1, -0.05) is 260 Å². The molecule has 0 aliphatic carbocycles. The fourth-order valence-corrected chi connectivity index (χ4v) is 11.0. The van der Waals surface area contributed by atoms with Crippen LogP contribution in [0.1, 0.15) is 277 Å². The van der Waals surface area contributed by atoms with Crippen molar-refractivity contribution in [2.45, 2.75) is 351 Å². The van der Waals surface area contributed by atoms with Gasteiger partial charge in [0.15, 0.2) is 12.6 Å². The van der Waals surface area contributed by atoms with Crippen molar-refractivity contribution in [1.29, 1.82) is 0 Å². The molecule has 2 saturated heterocycles. The fraction of sp³-hybridized carbons (Fsp3) is 0.817. The van der Waals surface area contributed by atoms with Gasteiger partial charge in [-0.3, -0.25) is 4.79 Å². The highest BCUT2D eigenvalue weighted by Gasteiger charge is 2.51. The van der Waals surface area contributed by atoms with Crippen molar-refractivity contribution in [2.24, 2.45) is 0 Å². The van der Waals surface area contributed by atoms with E-state index in [1.54, 1.807) is 6.08 Å². The topological polar surface area (TPSA) is 228 Å². The van der Waals surface area contributed by atoms with Gasteiger partial charge in [-0.25, -0.2) is 0 Å². The Morgan fingerprint density at radius 2 is 0.788 bits per heavy atom. The average molecular weight is 1200 g/mol. The zero-order valence-electron chi connectivity index (χ0n) is 53.6. The van der Waals surface area contributed by atoms with E-state index >= 15 is 0 Å². The molecule has 0 saturated carbocycles. The number of carbonyl (C=O) groups excluding carboxylic acids is 1. The minimum atomic E-state index is -1.79. The minimum Gasteiger partial charge on any atom is -0.394 e. The lowest BCUT2D eigenvalue weighted by molar-refractivity contribution is -0.359. The van der Waals surface area contributed by atoms with Crippen LogP contribution in [0.5, 0.6) is 0 Å². The highest BCUT2D eigenvalue weighted by Crippen LogP contribution is 2.30. The molecule has 494 valence electrons. The van der Waals surface area contributed by atoms with E-state index in [-0.39, 0.29) is 18.9 Å². The Balaban J connectivity index is 1.66. The third kappa shape index (κ3) is 39.9. The first-order valence-corrected chi connectivity index (χ1v) is 34.7. The monoisotopic (exact) mass is 1200 g/mol. The van der Waals surface area contributed by atoms with E-state index < -0.39 is 86.8 Å². The summed E-state index contributed by atoms with van der Waals surface area (Å²) in [5.74, 6) is -0.252. The second kappa shape index (κ2) is 55.5. The van der Waals surface area contributed by atoms with E-state index in [4.69, 9.17) is 18.9 Å². The summed E-state index contributed by atoms with van der Waals surface area (Å²) < 4.78 is 22.8. The van der Waals surface area contributed by atoms with Crippen molar-refractivity contribution < 1.29 is 64.6 Å². The number of ether oxygens (including phenoxy) is 4. The quantitative estimate of drug-likeness (QED) is 0.0204. The second-order valence-electron chi connectivity index (χ2n) is 24.3. The van der Waals surface area contributed by atoms with Crippen molar-refractivity contribution in [1.82, 2.24) is 5.32 Å². The molecule has 0 aromatic carbocycles. The van der Waals surface area contributed by atoms with Gasteiger partial charge in [0.1, 0.15) is 48.8 Å². The smallest absolute Gasteiger partial charge is 0.220 e. The molecule has 0 spiro atoms. The molecule has 2 rings (SSSR count). The third-order valence-electron chi connectivity index (χ3n) is 16.6. The Bertz CT molecular complexity index is 1700. The van der Waals surface area contributed by atoms with Crippen molar-refractivity contribution >= 4 is 5.91 Å². The standard InChI is InChI=1S/C71H127NO13/c1-3-5-7-9-11-13-15-17-19-21-23-24-25-26-27-28-29-30-31-32-33-34-35-36-37-39-41-43-45-47-49-51-53-55-63(76)72-59(60(75)54-52-50-48-46-44-42-40-38-22-20-18-16-14-12-10-8-6-4-2)58-82-70-68(81)66(79)69(62(57-74)84-70)85-71-67(80)65(78)64(77)61(56-73)83-71/h15,17,21-23,25-26,38,44,46,52,54,59-62,64-71,73-75,77-81H,3-14,16,18-20,24,27-37,39-43,45,47-51,53,55-58H2,1-2H3,(H,72,76)/b17-15-,23-21-,26-25-,38-22+,46-44+,54-52+. The molecule has 9 N–H and O–H groups in total. The van der Waals surface area contributed by atoms with Crippen LogP contribution in [0, 0.1) is 0 Å². The Morgan fingerprint density at radius 1 is 0.424 bits per heavy atom. The van der Waals surface area contributed by atoms with Crippen LogP contribution in [0.4, 0.5) is 0 Å². The molecular weight excluding hydrogens is 1070 g/mol. The number of allylic oxidation sites excluding steroid dienone is 11. The average Bonchev–Trinajstić information content (AvgIpc) is 3.29. The maximum absolute atomic E-state index is 13.3. The SMILES string of the molecule is CCCCCCC/C=C\C/C=C\C/C=C\CCCCCCCCCCCCCCCCCCCCC(=O)NC(COC1OC(CO)C(OC2OC(CO)C(O)C(O)C2O)C(O)C1O)C(O)/C=C/CC/C=C/CC/C=C/CCCCCCCCCC. The Hall–Kier alpha value is -2.57. The summed E-state index contributed by atoms with van der Waals surface area (Å²) in [6.07, 6.45) is 58.2. The number of aliphatic hydroxyl groups excluding tert-OH is 8. The van der Waals surface area contributed by atoms with Gasteiger partial charge in [0.05, 0.1) is 32.0 Å². The van der Waals surface area contributed by atoms with Crippen LogP contribution in [0.2, 0.25) is 0 Å². The molecule has 12 atom stereocenters. The number of hydrogen-bond acceptors (Lipinski definition) is 13. The molecule has 2 heterocycles. The summed E-state index contributed by atoms with van der Waals surface area (Å²) in [4.78, 5) is 13.3. The Kier molecular flexibility index (Phi) is 51.3. The van der Waals surface area contributed by atoms with E-state index in [0.717, 1.165) is 57.8 Å². The van der Waals surface area contributed by atoms with Crippen LogP contribution in [0.3, 0.4) is 0 Å². The second-order valence-corrected chi connectivity index (χ2v) is 24.3. The number of aliphatic hydroxyl groups is 8. The summed E-state index contributed by atoms with van der Waals surface area (Å²) in [5, 5.41) is 87.3. The van der Waals surface area contributed by atoms with Crippen molar-refractivity contribution in [3.8, 4) is 0 Å². The molecule has 85 heavy (non-hydrogen) atoms. The zero-order chi connectivity index (χ0) is 61.6. The molecule has 14 nitrogen and oxygen atoms in total. The highest BCUT2D eigenvalue weighted by atomic mass is 16.7. The van der Waals surface area contributed by atoms with Gasteiger partial charge in [0.25, 0.3) is 0 Å². The summed E-state index contributed by atoms with van der Waals surface area (Å²) in [7, 11) is 0.